The summed E-state index contributed by atoms with van der Waals surface area (Å²) in [5.74, 6) is 0. The summed E-state index contributed by atoms with van der Waals surface area (Å²) in [4.78, 5) is 0. The zero-order valence-corrected chi connectivity index (χ0v) is 9.90. The van der Waals surface area contributed by atoms with E-state index in [1.807, 2.05) is 0 Å². The van der Waals surface area contributed by atoms with Crippen molar-refractivity contribution in [3.8, 4) is 0 Å². The fourth-order valence-electron chi connectivity index (χ4n) is 1.19. The van der Waals surface area contributed by atoms with Gasteiger partial charge in [-0.2, -0.15) is 0 Å². The van der Waals surface area contributed by atoms with Crippen LogP contribution in [0.15, 0.2) is 21.5 Å². The van der Waals surface area contributed by atoms with Crippen molar-refractivity contribution < 1.29 is 18.8 Å². The van der Waals surface area contributed by atoms with Crippen LogP contribution in [0.1, 0.15) is 6.42 Å². The molecule has 0 bridgehead atoms. The number of hydrogen-bond donors (Lipinski definition) is 0. The molecule has 0 radical (unpaired) electrons. The van der Waals surface area contributed by atoms with Gasteiger partial charge in [0.05, 0.1) is 0 Å². The van der Waals surface area contributed by atoms with Crippen molar-refractivity contribution in [1.29, 1.82) is 0 Å². The average Bonchev–Trinajstić information content (AvgIpc) is 2.04. The molecule has 0 spiro atoms. The molecule has 0 saturated carbocycles. The van der Waals surface area contributed by atoms with Crippen LogP contribution in [0, 0.1) is 0 Å². The van der Waals surface area contributed by atoms with Crippen LogP contribution in [0.5, 0.6) is 0 Å². The van der Waals surface area contributed by atoms with Gasteiger partial charge in [0.15, 0.2) is 0 Å². The molecular weight excluding hydrogens is 199 g/mol. The summed E-state index contributed by atoms with van der Waals surface area (Å²) >= 11 is -2.20. The van der Waals surface area contributed by atoms with Gasteiger partial charge in [-0.25, -0.2) is 0 Å². The molecule has 0 N–H and O–H groups in total. The van der Waals surface area contributed by atoms with Crippen molar-refractivity contribution in [2.45, 2.75) is 24.9 Å². The van der Waals surface area contributed by atoms with Gasteiger partial charge in [-0.05, 0) is 0 Å². The Labute approximate surface area is 65.1 Å². The third-order valence-electron chi connectivity index (χ3n) is 2.06. The molecule has 0 atom stereocenters. The first-order valence-electron chi connectivity index (χ1n) is 3.97. The molecule has 0 unspecified atom stereocenters. The molecule has 1 aliphatic carbocycles. The maximum atomic E-state index is 2.49. The summed E-state index contributed by atoms with van der Waals surface area (Å²) in [5.41, 5.74) is 0. The molecule has 0 aliphatic heterocycles. The van der Waals surface area contributed by atoms with Gasteiger partial charge in [0.2, 0.25) is 0 Å². The van der Waals surface area contributed by atoms with Gasteiger partial charge in [0, 0.05) is 0 Å². The molecule has 1 heteroatoms. The van der Waals surface area contributed by atoms with Crippen molar-refractivity contribution in [3.63, 3.8) is 0 Å². The molecule has 0 fully saturated rings. The molecule has 0 heterocycles. The molecule has 0 saturated heterocycles. The number of rotatable bonds is 1. The van der Waals surface area contributed by atoms with E-state index in [0.717, 1.165) is 0 Å². The van der Waals surface area contributed by atoms with Gasteiger partial charge in [0.25, 0.3) is 0 Å². The minimum atomic E-state index is -2.20. The van der Waals surface area contributed by atoms with Crippen LogP contribution in [0.3, 0.4) is 0 Å². The second-order valence-electron chi connectivity index (χ2n) is 5.32. The van der Waals surface area contributed by atoms with Crippen molar-refractivity contribution in [2.24, 2.45) is 0 Å². The molecule has 57 valence electrons. The summed E-state index contributed by atoms with van der Waals surface area (Å²) in [6.07, 6.45) is 8.02. The second kappa shape index (κ2) is 2.17. The van der Waals surface area contributed by atoms with E-state index in [9.17, 15) is 0 Å². The fraction of sp³-hybridized carbons (Fsp3) is 0.556. The van der Waals surface area contributed by atoms with Crippen LogP contribution in [0.4, 0.5) is 0 Å². The monoisotopic (exact) mass is 215 g/mol. The van der Waals surface area contributed by atoms with E-state index >= 15 is 0 Å². The Morgan fingerprint density at radius 1 is 1.20 bits per heavy atom. The summed E-state index contributed by atoms with van der Waals surface area (Å²) in [6, 6.07) is 0. The van der Waals surface area contributed by atoms with Crippen LogP contribution >= 0.6 is 0 Å². The first-order valence-corrected chi connectivity index (χ1v) is 15.0. The SMILES string of the molecule is [CH3][Zr]([CH3])([CH3])([CH3])[C]1=CC=CC1. The summed E-state index contributed by atoms with van der Waals surface area (Å²) in [5, 5.41) is 0. The Kier molecular flexibility index (Phi) is 1.84. The van der Waals surface area contributed by atoms with Crippen molar-refractivity contribution in [2.75, 3.05) is 0 Å². The molecular formula is C9H17Zr. The fourth-order valence-corrected chi connectivity index (χ4v) is 5.36. The normalized spacial score (nSPS) is 22.0. The molecule has 0 aromatic carbocycles. The standard InChI is InChI=1S/C5H5.4CH3.Zr/c1-2-4-5-3-1;;;;;/h1-3H,4H2;4*1H3;. The molecule has 0 aromatic rings. The molecule has 1 aliphatic rings. The van der Waals surface area contributed by atoms with E-state index < -0.39 is 18.8 Å². The third-order valence-corrected chi connectivity index (χ3v) is 9.28. The maximum absolute atomic E-state index is 2.49. The Bertz CT molecular complexity index is 191. The predicted octanol–water partition coefficient (Wildman–Crippen LogP) is 3.71. The second-order valence-corrected chi connectivity index (χ2v) is 26.6. The average molecular weight is 216 g/mol. The van der Waals surface area contributed by atoms with E-state index in [0.29, 0.717) is 0 Å². The molecule has 10 heavy (non-hydrogen) atoms. The van der Waals surface area contributed by atoms with Crippen molar-refractivity contribution in [3.05, 3.63) is 21.5 Å². The van der Waals surface area contributed by atoms with Crippen LogP contribution < -0.4 is 0 Å². The van der Waals surface area contributed by atoms with Crippen LogP contribution in [0.25, 0.3) is 0 Å². The molecule has 0 aromatic heterocycles. The molecule has 1 rings (SSSR count). The zero-order valence-electron chi connectivity index (χ0n) is 7.44. The van der Waals surface area contributed by atoms with E-state index in [2.05, 4.69) is 36.8 Å². The van der Waals surface area contributed by atoms with Gasteiger partial charge >= 0.3 is 65.2 Å². The quantitative estimate of drug-likeness (QED) is 0.627. The number of allylic oxidation sites excluding steroid dienone is 4. The third kappa shape index (κ3) is 1.92. The Hall–Kier alpha value is 0.363. The van der Waals surface area contributed by atoms with E-state index in [-0.39, 0.29) is 0 Å². The first-order chi connectivity index (χ1) is 4.36. The van der Waals surface area contributed by atoms with E-state index in [1.54, 1.807) is 3.28 Å². The Balaban J connectivity index is 2.87. The van der Waals surface area contributed by atoms with Crippen molar-refractivity contribution >= 4 is 0 Å². The molecule has 0 nitrogen and oxygen atoms in total. The Morgan fingerprint density at radius 3 is 2.00 bits per heavy atom. The van der Waals surface area contributed by atoms with Crippen LogP contribution in [-0.4, -0.2) is 0 Å². The van der Waals surface area contributed by atoms with Gasteiger partial charge in [0.1, 0.15) is 0 Å². The first kappa shape index (κ1) is 8.46. The Morgan fingerprint density at radius 2 is 1.80 bits per heavy atom. The van der Waals surface area contributed by atoms with Gasteiger partial charge in [-0.1, -0.05) is 0 Å². The van der Waals surface area contributed by atoms with E-state index in [1.165, 1.54) is 6.42 Å². The summed E-state index contributed by atoms with van der Waals surface area (Å²) < 4.78 is 11.7. The number of hydrogen-bond acceptors (Lipinski definition) is 0. The molecule has 0 amide bonds. The van der Waals surface area contributed by atoms with Crippen LogP contribution in [-0.2, 0) is 18.8 Å². The topological polar surface area (TPSA) is 0 Å². The van der Waals surface area contributed by atoms with Gasteiger partial charge in [-0.15, -0.1) is 0 Å². The predicted molar refractivity (Wildman–Crippen MR) is 45.3 cm³/mol. The van der Waals surface area contributed by atoms with Gasteiger partial charge < -0.3 is 0 Å². The zero-order chi connectivity index (χ0) is 7.85. The van der Waals surface area contributed by atoms with Crippen LogP contribution in [0.2, 0.25) is 18.5 Å². The minimum absolute atomic E-state index is 1.23. The van der Waals surface area contributed by atoms with Crippen molar-refractivity contribution in [1.82, 2.24) is 0 Å². The summed E-state index contributed by atoms with van der Waals surface area (Å²) in [7, 11) is 0. The summed E-state index contributed by atoms with van der Waals surface area (Å²) in [6.45, 7) is 0. The van der Waals surface area contributed by atoms with Gasteiger partial charge in [-0.3, -0.25) is 0 Å². The van der Waals surface area contributed by atoms with E-state index in [4.69, 9.17) is 0 Å².